The number of nitrogens with one attached hydrogen (secondary N) is 1. The lowest BCUT2D eigenvalue weighted by Gasteiger charge is -2.30. The molecule has 0 atom stereocenters. The van der Waals surface area contributed by atoms with Crippen LogP contribution in [0.15, 0.2) is 0 Å². The van der Waals surface area contributed by atoms with Gasteiger partial charge in [-0.3, -0.25) is 4.79 Å². The Hall–Kier alpha value is -0.280. The summed E-state index contributed by atoms with van der Waals surface area (Å²) >= 11 is 0. The molecule has 1 amide bonds. The molecule has 4 heteroatoms. The molecule has 0 aromatic rings. The van der Waals surface area contributed by atoms with Gasteiger partial charge in [-0.1, -0.05) is 97.3 Å². The SMILES string of the molecule is CCCCCCCCCCCCCC[N+](C)(C)CCCNC(=O)CCCCCC.[Cl-]. The Morgan fingerprint density at radius 2 is 1.00 bits per heavy atom. The molecule has 0 rings (SSSR count). The van der Waals surface area contributed by atoms with Gasteiger partial charge in [-0.25, -0.2) is 0 Å². The van der Waals surface area contributed by atoms with Gasteiger partial charge in [0.05, 0.1) is 27.2 Å². The molecular formula is C26H55ClN2O. The monoisotopic (exact) mass is 446 g/mol. The lowest BCUT2D eigenvalue weighted by atomic mass is 10.1. The Labute approximate surface area is 196 Å². The summed E-state index contributed by atoms with van der Waals surface area (Å²) in [5.74, 6) is 0.243. The van der Waals surface area contributed by atoms with Gasteiger partial charge in [-0.15, -0.1) is 0 Å². The van der Waals surface area contributed by atoms with Crippen LogP contribution in [-0.2, 0) is 4.79 Å². The maximum Gasteiger partial charge on any atom is 0.219 e. The van der Waals surface area contributed by atoms with Crippen molar-refractivity contribution in [2.24, 2.45) is 0 Å². The molecule has 0 aliphatic carbocycles. The van der Waals surface area contributed by atoms with E-state index in [1.165, 1.54) is 103 Å². The summed E-state index contributed by atoms with van der Waals surface area (Å²) in [6.45, 7) is 7.76. The molecule has 0 saturated carbocycles. The Balaban J connectivity index is 0. The van der Waals surface area contributed by atoms with Crippen LogP contribution in [0.3, 0.4) is 0 Å². The Morgan fingerprint density at radius 1 is 0.600 bits per heavy atom. The molecule has 0 aliphatic heterocycles. The minimum Gasteiger partial charge on any atom is -1.00 e. The molecule has 1 N–H and O–H groups in total. The third-order valence-corrected chi connectivity index (χ3v) is 6.14. The number of nitrogens with zero attached hydrogens (tertiary/aromatic N) is 1. The van der Waals surface area contributed by atoms with Crippen LogP contribution in [-0.4, -0.2) is 44.1 Å². The van der Waals surface area contributed by atoms with Gasteiger partial charge in [-0.2, -0.15) is 0 Å². The second-order valence-electron chi connectivity index (χ2n) is 9.79. The lowest BCUT2D eigenvalue weighted by Crippen LogP contribution is -3.00. The van der Waals surface area contributed by atoms with Gasteiger partial charge in [0.1, 0.15) is 0 Å². The summed E-state index contributed by atoms with van der Waals surface area (Å²) in [4.78, 5) is 11.8. The summed E-state index contributed by atoms with van der Waals surface area (Å²) in [5.41, 5.74) is 0. The maximum absolute atomic E-state index is 11.8. The fraction of sp³-hybridized carbons (Fsp3) is 0.962. The highest BCUT2D eigenvalue weighted by Gasteiger charge is 2.14. The number of rotatable bonds is 22. The summed E-state index contributed by atoms with van der Waals surface area (Å²) in [6.07, 6.45) is 23.5. The van der Waals surface area contributed by atoms with E-state index in [0.29, 0.717) is 6.42 Å². The van der Waals surface area contributed by atoms with Crippen LogP contribution < -0.4 is 17.7 Å². The molecule has 0 bridgehead atoms. The minimum absolute atomic E-state index is 0. The van der Waals surface area contributed by atoms with Gasteiger partial charge in [-0.05, 0) is 19.3 Å². The van der Waals surface area contributed by atoms with Crippen molar-refractivity contribution in [1.29, 1.82) is 0 Å². The smallest absolute Gasteiger partial charge is 0.219 e. The molecule has 0 spiro atoms. The topological polar surface area (TPSA) is 29.1 Å². The number of hydrogen-bond donors (Lipinski definition) is 1. The van der Waals surface area contributed by atoms with Crippen LogP contribution >= 0.6 is 0 Å². The van der Waals surface area contributed by atoms with Crippen molar-refractivity contribution in [1.82, 2.24) is 5.32 Å². The zero-order chi connectivity index (χ0) is 21.6. The summed E-state index contributed by atoms with van der Waals surface area (Å²) < 4.78 is 1.09. The highest BCUT2D eigenvalue weighted by molar-refractivity contribution is 5.75. The second kappa shape index (κ2) is 23.4. The lowest BCUT2D eigenvalue weighted by molar-refractivity contribution is -0.890. The van der Waals surface area contributed by atoms with E-state index >= 15 is 0 Å². The normalized spacial score (nSPS) is 11.3. The predicted octanol–water partition coefficient (Wildman–Crippen LogP) is 4.24. The molecule has 182 valence electrons. The van der Waals surface area contributed by atoms with E-state index in [9.17, 15) is 4.79 Å². The summed E-state index contributed by atoms with van der Waals surface area (Å²) in [7, 11) is 4.68. The van der Waals surface area contributed by atoms with Crippen LogP contribution in [0.2, 0.25) is 0 Å². The molecule has 30 heavy (non-hydrogen) atoms. The van der Waals surface area contributed by atoms with E-state index in [4.69, 9.17) is 0 Å². The first kappa shape index (κ1) is 31.9. The molecule has 0 aromatic heterocycles. The number of carbonyl (C=O) groups excluding carboxylic acids is 1. The molecule has 0 unspecified atom stereocenters. The number of unbranched alkanes of at least 4 members (excludes halogenated alkanes) is 14. The van der Waals surface area contributed by atoms with Crippen LogP contribution in [0.1, 0.15) is 129 Å². The largest absolute Gasteiger partial charge is 1.00 e. The highest BCUT2D eigenvalue weighted by atomic mass is 35.5. The molecule has 3 nitrogen and oxygen atoms in total. The number of carbonyl (C=O) groups is 1. The van der Waals surface area contributed by atoms with Crippen LogP contribution in [0.4, 0.5) is 0 Å². The first-order chi connectivity index (χ1) is 14.0. The van der Waals surface area contributed by atoms with Crippen LogP contribution in [0, 0.1) is 0 Å². The first-order valence-electron chi connectivity index (χ1n) is 13.1. The van der Waals surface area contributed by atoms with Gasteiger partial charge in [0.15, 0.2) is 0 Å². The molecule has 0 aliphatic rings. The van der Waals surface area contributed by atoms with Crippen molar-refractivity contribution in [3.8, 4) is 0 Å². The van der Waals surface area contributed by atoms with Crippen LogP contribution in [0.5, 0.6) is 0 Å². The summed E-state index contributed by atoms with van der Waals surface area (Å²) in [5, 5.41) is 3.10. The maximum atomic E-state index is 11.8. The van der Waals surface area contributed by atoms with Gasteiger partial charge < -0.3 is 22.2 Å². The number of amides is 1. The Bertz CT molecular complexity index is 361. The number of quaternary nitrogens is 1. The Kier molecular flexibility index (Phi) is 24.9. The van der Waals surface area contributed by atoms with Gasteiger partial charge in [0, 0.05) is 19.4 Å². The van der Waals surface area contributed by atoms with E-state index in [0.717, 1.165) is 30.4 Å². The first-order valence-corrected chi connectivity index (χ1v) is 13.1. The van der Waals surface area contributed by atoms with Gasteiger partial charge in [0.25, 0.3) is 0 Å². The molecule has 0 radical (unpaired) electrons. The molecule has 0 fully saturated rings. The van der Waals surface area contributed by atoms with Crippen molar-refractivity contribution in [2.45, 2.75) is 129 Å². The minimum atomic E-state index is 0. The van der Waals surface area contributed by atoms with E-state index in [1.807, 2.05) is 0 Å². The third-order valence-electron chi connectivity index (χ3n) is 6.14. The van der Waals surface area contributed by atoms with Crippen LogP contribution in [0.25, 0.3) is 0 Å². The zero-order valence-electron chi connectivity index (χ0n) is 21.1. The molecular weight excluding hydrogens is 392 g/mol. The van der Waals surface area contributed by atoms with E-state index < -0.39 is 0 Å². The predicted molar refractivity (Wildman–Crippen MR) is 129 cm³/mol. The summed E-state index contributed by atoms with van der Waals surface area (Å²) in [6, 6.07) is 0. The van der Waals surface area contributed by atoms with E-state index in [1.54, 1.807) is 0 Å². The quantitative estimate of drug-likeness (QED) is 0.195. The fourth-order valence-corrected chi connectivity index (χ4v) is 4.03. The number of hydrogen-bond acceptors (Lipinski definition) is 1. The second-order valence-corrected chi connectivity index (χ2v) is 9.79. The fourth-order valence-electron chi connectivity index (χ4n) is 4.03. The van der Waals surface area contributed by atoms with Crippen molar-refractivity contribution >= 4 is 5.91 Å². The van der Waals surface area contributed by atoms with Gasteiger partial charge in [0.2, 0.25) is 5.91 Å². The average molecular weight is 447 g/mol. The molecule has 0 saturated heterocycles. The van der Waals surface area contributed by atoms with E-state index in [2.05, 4.69) is 33.3 Å². The Morgan fingerprint density at radius 3 is 1.50 bits per heavy atom. The van der Waals surface area contributed by atoms with Gasteiger partial charge >= 0.3 is 0 Å². The zero-order valence-corrected chi connectivity index (χ0v) is 21.8. The van der Waals surface area contributed by atoms with Crippen molar-refractivity contribution in [3.05, 3.63) is 0 Å². The molecule has 0 heterocycles. The standard InChI is InChI=1S/C26H54N2O.ClH/c1-5-7-9-11-12-13-14-15-16-17-18-20-24-28(3,4)25-21-23-27-26(29)22-19-10-8-6-2;/h5-25H2,1-4H3;1H. The highest BCUT2D eigenvalue weighted by Crippen LogP contribution is 2.13. The average Bonchev–Trinajstić information content (AvgIpc) is 2.69. The van der Waals surface area contributed by atoms with Crippen molar-refractivity contribution in [2.75, 3.05) is 33.7 Å². The molecule has 0 aromatic carbocycles. The number of halogens is 1. The third kappa shape index (κ3) is 24.0. The van der Waals surface area contributed by atoms with E-state index in [-0.39, 0.29) is 18.3 Å². The van der Waals surface area contributed by atoms with Crippen molar-refractivity contribution < 1.29 is 21.7 Å². The van der Waals surface area contributed by atoms with Crippen molar-refractivity contribution in [3.63, 3.8) is 0 Å².